The molecule has 0 aromatic heterocycles. The van der Waals surface area contributed by atoms with Gasteiger partial charge in [-0.25, -0.2) is 0 Å². The Morgan fingerprint density at radius 3 is 2.48 bits per heavy atom. The van der Waals surface area contributed by atoms with Gasteiger partial charge in [-0.05, 0) is 59.1 Å². The average molecular weight is 419 g/mol. The fraction of sp³-hybridized carbons (Fsp3) is 0.263. The third kappa shape index (κ3) is 5.61. The van der Waals surface area contributed by atoms with Crippen LogP contribution in [0.4, 0.5) is 11.4 Å². The molecule has 3 rings (SSSR count). The van der Waals surface area contributed by atoms with Gasteiger partial charge in [0.15, 0.2) is 0 Å². The number of rotatable bonds is 7. The second-order valence-corrected chi connectivity index (χ2v) is 7.91. The molecule has 130 valence electrons. The van der Waals surface area contributed by atoms with Gasteiger partial charge in [0.2, 0.25) is 11.8 Å². The summed E-state index contributed by atoms with van der Waals surface area (Å²) in [5.41, 5.74) is 1.42. The number of hydrogen-bond donors (Lipinski definition) is 2. The van der Waals surface area contributed by atoms with Crippen molar-refractivity contribution >= 4 is 50.9 Å². The predicted molar refractivity (Wildman–Crippen MR) is 106 cm³/mol. The highest BCUT2D eigenvalue weighted by atomic mass is 79.9. The van der Waals surface area contributed by atoms with E-state index in [0.29, 0.717) is 17.9 Å². The standard InChI is InChI=1S/C19H19BrN2O2S/c20-16-6-1-2-7-17(16)25-11-10-18(23)21-14-4-3-5-15(12-14)22-19(24)13-8-9-13/h1-7,12-13H,8-11H2,(H,21,23)(H,22,24). The molecule has 0 saturated heterocycles. The van der Waals surface area contributed by atoms with Crippen molar-refractivity contribution in [3.8, 4) is 0 Å². The molecule has 6 heteroatoms. The number of hydrogen-bond acceptors (Lipinski definition) is 3. The summed E-state index contributed by atoms with van der Waals surface area (Å²) in [7, 11) is 0. The van der Waals surface area contributed by atoms with Crippen molar-refractivity contribution in [2.75, 3.05) is 16.4 Å². The Morgan fingerprint density at radius 1 is 1.04 bits per heavy atom. The molecule has 25 heavy (non-hydrogen) atoms. The largest absolute Gasteiger partial charge is 0.326 e. The van der Waals surface area contributed by atoms with Crippen LogP contribution in [0.1, 0.15) is 19.3 Å². The molecule has 1 aliphatic rings. The monoisotopic (exact) mass is 418 g/mol. The number of anilines is 2. The first-order valence-electron chi connectivity index (χ1n) is 8.20. The Kier molecular flexibility index (Phi) is 6.15. The number of halogens is 1. The summed E-state index contributed by atoms with van der Waals surface area (Å²) >= 11 is 5.15. The Labute approximate surface area is 159 Å². The van der Waals surface area contributed by atoms with E-state index < -0.39 is 0 Å². The van der Waals surface area contributed by atoms with Crippen LogP contribution < -0.4 is 10.6 Å². The Balaban J connectivity index is 1.47. The predicted octanol–water partition coefficient (Wildman–Crippen LogP) is 4.92. The summed E-state index contributed by atoms with van der Waals surface area (Å²) in [6.45, 7) is 0. The molecule has 0 heterocycles. The normalized spacial score (nSPS) is 13.3. The minimum Gasteiger partial charge on any atom is -0.326 e. The van der Waals surface area contributed by atoms with E-state index in [2.05, 4.69) is 26.6 Å². The highest BCUT2D eigenvalue weighted by Crippen LogP contribution is 2.30. The van der Waals surface area contributed by atoms with E-state index in [-0.39, 0.29) is 17.7 Å². The van der Waals surface area contributed by atoms with Crippen molar-refractivity contribution in [3.63, 3.8) is 0 Å². The molecular formula is C19H19BrN2O2S. The van der Waals surface area contributed by atoms with Crippen LogP contribution >= 0.6 is 27.7 Å². The molecule has 0 bridgehead atoms. The summed E-state index contributed by atoms with van der Waals surface area (Å²) in [5, 5.41) is 5.77. The van der Waals surface area contributed by atoms with E-state index in [0.717, 1.165) is 27.9 Å². The third-order valence-electron chi connectivity index (χ3n) is 3.79. The summed E-state index contributed by atoms with van der Waals surface area (Å²) in [6, 6.07) is 15.2. The quantitative estimate of drug-likeness (QED) is 0.627. The van der Waals surface area contributed by atoms with Crippen LogP contribution in [0.3, 0.4) is 0 Å². The van der Waals surface area contributed by atoms with Gasteiger partial charge in [0.25, 0.3) is 0 Å². The average Bonchev–Trinajstić information content (AvgIpc) is 3.42. The fourth-order valence-electron chi connectivity index (χ4n) is 2.30. The molecule has 2 N–H and O–H groups in total. The van der Waals surface area contributed by atoms with E-state index in [1.165, 1.54) is 0 Å². The molecule has 0 unspecified atom stereocenters. The van der Waals surface area contributed by atoms with E-state index in [9.17, 15) is 9.59 Å². The molecule has 1 aliphatic carbocycles. The summed E-state index contributed by atoms with van der Waals surface area (Å²) in [6.07, 6.45) is 2.36. The first kappa shape index (κ1) is 18.0. The second-order valence-electron chi connectivity index (χ2n) is 5.92. The van der Waals surface area contributed by atoms with Crippen LogP contribution in [-0.4, -0.2) is 17.6 Å². The van der Waals surface area contributed by atoms with Crippen LogP contribution in [0.2, 0.25) is 0 Å². The zero-order chi connectivity index (χ0) is 17.6. The molecule has 0 radical (unpaired) electrons. The topological polar surface area (TPSA) is 58.2 Å². The Hall–Kier alpha value is -1.79. The van der Waals surface area contributed by atoms with Gasteiger partial charge >= 0.3 is 0 Å². The smallest absolute Gasteiger partial charge is 0.227 e. The minimum absolute atomic E-state index is 0.0368. The van der Waals surface area contributed by atoms with Crippen molar-refractivity contribution in [3.05, 3.63) is 53.0 Å². The van der Waals surface area contributed by atoms with Gasteiger partial charge < -0.3 is 10.6 Å². The Bertz CT molecular complexity index is 778. The first-order chi connectivity index (χ1) is 12.1. The highest BCUT2D eigenvalue weighted by Gasteiger charge is 2.29. The fourth-order valence-corrected chi connectivity index (χ4v) is 3.82. The molecule has 0 aliphatic heterocycles. The van der Waals surface area contributed by atoms with Gasteiger partial charge in [0.1, 0.15) is 0 Å². The van der Waals surface area contributed by atoms with Crippen LogP contribution in [-0.2, 0) is 9.59 Å². The highest BCUT2D eigenvalue weighted by molar-refractivity contribution is 9.10. The number of benzene rings is 2. The molecular weight excluding hydrogens is 400 g/mol. The van der Waals surface area contributed by atoms with Crippen molar-refractivity contribution in [1.29, 1.82) is 0 Å². The molecule has 1 fully saturated rings. The summed E-state index contributed by atoms with van der Waals surface area (Å²) in [5.74, 6) is 0.887. The lowest BCUT2D eigenvalue weighted by atomic mass is 10.2. The van der Waals surface area contributed by atoms with Crippen LogP contribution in [0, 0.1) is 5.92 Å². The third-order valence-corrected chi connectivity index (χ3v) is 5.81. The van der Waals surface area contributed by atoms with E-state index in [4.69, 9.17) is 0 Å². The maximum absolute atomic E-state index is 12.1. The van der Waals surface area contributed by atoms with Crippen LogP contribution in [0.25, 0.3) is 0 Å². The molecule has 2 amide bonds. The molecule has 4 nitrogen and oxygen atoms in total. The van der Waals surface area contributed by atoms with Crippen molar-refractivity contribution in [1.82, 2.24) is 0 Å². The van der Waals surface area contributed by atoms with Gasteiger partial charge in [-0.1, -0.05) is 18.2 Å². The Morgan fingerprint density at radius 2 is 1.76 bits per heavy atom. The zero-order valence-corrected chi connectivity index (χ0v) is 16.0. The number of thioether (sulfide) groups is 1. The first-order valence-corrected chi connectivity index (χ1v) is 9.98. The molecule has 0 spiro atoms. The maximum Gasteiger partial charge on any atom is 0.227 e. The number of amides is 2. The molecule has 2 aromatic carbocycles. The van der Waals surface area contributed by atoms with Gasteiger partial charge in [0.05, 0.1) is 0 Å². The van der Waals surface area contributed by atoms with Gasteiger partial charge in [0, 0.05) is 38.8 Å². The van der Waals surface area contributed by atoms with E-state index in [1.54, 1.807) is 17.8 Å². The van der Waals surface area contributed by atoms with Crippen molar-refractivity contribution in [2.45, 2.75) is 24.2 Å². The number of nitrogens with one attached hydrogen (secondary N) is 2. The van der Waals surface area contributed by atoms with Gasteiger partial charge in [-0.3, -0.25) is 9.59 Å². The summed E-state index contributed by atoms with van der Waals surface area (Å²) < 4.78 is 1.04. The van der Waals surface area contributed by atoms with Crippen LogP contribution in [0.15, 0.2) is 57.9 Å². The lowest BCUT2D eigenvalue weighted by Gasteiger charge is -2.09. The summed E-state index contributed by atoms with van der Waals surface area (Å²) in [4.78, 5) is 25.0. The second kappa shape index (κ2) is 8.54. The maximum atomic E-state index is 12.1. The van der Waals surface area contributed by atoms with Gasteiger partial charge in [-0.15, -0.1) is 11.8 Å². The lowest BCUT2D eigenvalue weighted by Crippen LogP contribution is -2.15. The van der Waals surface area contributed by atoms with Gasteiger partial charge in [-0.2, -0.15) is 0 Å². The van der Waals surface area contributed by atoms with Crippen LogP contribution in [0.5, 0.6) is 0 Å². The van der Waals surface area contributed by atoms with Crippen molar-refractivity contribution in [2.24, 2.45) is 5.92 Å². The van der Waals surface area contributed by atoms with E-state index in [1.807, 2.05) is 42.5 Å². The zero-order valence-electron chi connectivity index (χ0n) is 13.6. The number of carbonyl (C=O) groups is 2. The minimum atomic E-state index is -0.0368. The SMILES string of the molecule is O=C(CCSc1ccccc1Br)Nc1cccc(NC(=O)C2CC2)c1. The molecule has 2 aromatic rings. The molecule has 1 saturated carbocycles. The number of carbonyl (C=O) groups excluding carboxylic acids is 2. The van der Waals surface area contributed by atoms with Crippen molar-refractivity contribution < 1.29 is 9.59 Å². The molecule has 0 atom stereocenters. The lowest BCUT2D eigenvalue weighted by molar-refractivity contribution is -0.117. The van der Waals surface area contributed by atoms with E-state index >= 15 is 0 Å².